The number of esters is 1. The van der Waals surface area contributed by atoms with E-state index in [0.29, 0.717) is 12.0 Å². The first-order valence-corrected chi connectivity index (χ1v) is 14.5. The Kier molecular flexibility index (Phi) is 8.63. The highest BCUT2D eigenvalue weighted by Gasteiger charge is 2.53. The Balaban J connectivity index is 1.39. The lowest BCUT2D eigenvalue weighted by Gasteiger charge is -2.30. The maximum atomic E-state index is 13.7. The summed E-state index contributed by atoms with van der Waals surface area (Å²) in [6, 6.07) is 16.6. The fourth-order valence-electron chi connectivity index (χ4n) is 5.07. The van der Waals surface area contributed by atoms with E-state index in [9.17, 15) is 24.0 Å². The van der Waals surface area contributed by atoms with Gasteiger partial charge in [0.2, 0.25) is 0 Å². The molecule has 3 amide bonds. The number of amides is 3. The van der Waals surface area contributed by atoms with Gasteiger partial charge in [0.15, 0.2) is 5.78 Å². The van der Waals surface area contributed by atoms with Gasteiger partial charge in [-0.2, -0.15) is 5.01 Å². The van der Waals surface area contributed by atoms with Crippen LogP contribution in [0.4, 0.5) is 0 Å². The normalized spacial score (nSPS) is 19.4. The maximum absolute atomic E-state index is 13.7. The Bertz CT molecular complexity index is 1620. The van der Waals surface area contributed by atoms with Crippen LogP contribution in [0.5, 0.6) is 5.75 Å². The average molecular weight is 670 g/mol. The standard InChI is InChI=1S/C31H23BrCl2N2O6/c1-17-3-2-4-23-27(17)30(40)36(29(23)39)35(28(38)20-9-14-24(33)25(34)15-20)16-26(37)18-7-12-22(13-8-18)42-31(41)19-5-10-21(32)11-6-19/h2-3,5-15,17,23,27H,4,16H2,1H3/t17-,23-,27-/m1/s1. The Morgan fingerprint density at radius 1 is 0.905 bits per heavy atom. The highest BCUT2D eigenvalue weighted by molar-refractivity contribution is 9.10. The van der Waals surface area contributed by atoms with Crippen LogP contribution in [0.3, 0.4) is 0 Å². The molecule has 3 atom stereocenters. The average Bonchev–Trinajstić information content (AvgIpc) is 3.23. The molecule has 1 aliphatic carbocycles. The van der Waals surface area contributed by atoms with Crippen LogP contribution in [-0.4, -0.2) is 46.0 Å². The van der Waals surface area contributed by atoms with Gasteiger partial charge >= 0.3 is 5.97 Å². The van der Waals surface area contributed by atoms with Crippen LogP contribution in [0, 0.1) is 17.8 Å². The fourth-order valence-corrected chi connectivity index (χ4v) is 5.63. The lowest BCUT2D eigenvalue weighted by atomic mass is 9.78. The lowest BCUT2D eigenvalue weighted by Crippen LogP contribution is -2.52. The highest BCUT2D eigenvalue weighted by Crippen LogP contribution is 2.39. The van der Waals surface area contributed by atoms with Crippen molar-refractivity contribution in [3.05, 3.63) is 110 Å². The van der Waals surface area contributed by atoms with Gasteiger partial charge in [-0.25, -0.2) is 9.80 Å². The van der Waals surface area contributed by atoms with Crippen molar-refractivity contribution in [3.8, 4) is 5.75 Å². The number of hydrazine groups is 1. The van der Waals surface area contributed by atoms with E-state index in [-0.39, 0.29) is 32.8 Å². The molecule has 42 heavy (non-hydrogen) atoms. The van der Waals surface area contributed by atoms with Gasteiger partial charge in [-0.15, -0.1) is 0 Å². The SMILES string of the molecule is C[C@@H]1C=CC[C@H]2C(=O)N(N(CC(=O)c3ccc(OC(=O)c4ccc(Br)cc4)cc3)C(=O)c3ccc(Cl)c(Cl)c3)C(=O)[C@H]12. The number of carbonyl (C=O) groups is 5. The quantitative estimate of drug-likeness (QED) is 0.0947. The van der Waals surface area contributed by atoms with Crippen LogP contribution in [0.2, 0.25) is 10.0 Å². The molecule has 1 fully saturated rings. The molecule has 1 heterocycles. The largest absolute Gasteiger partial charge is 0.423 e. The van der Waals surface area contributed by atoms with Crippen LogP contribution < -0.4 is 4.74 Å². The summed E-state index contributed by atoms with van der Waals surface area (Å²) in [7, 11) is 0. The summed E-state index contributed by atoms with van der Waals surface area (Å²) in [5, 5.41) is 2.00. The molecule has 11 heteroatoms. The van der Waals surface area contributed by atoms with Crippen molar-refractivity contribution in [1.29, 1.82) is 0 Å². The summed E-state index contributed by atoms with van der Waals surface area (Å²) < 4.78 is 6.21. The number of rotatable bonds is 7. The molecule has 0 unspecified atom stereocenters. The van der Waals surface area contributed by atoms with Crippen molar-refractivity contribution in [1.82, 2.24) is 10.0 Å². The number of Topliss-reactive ketones (excluding diaryl/α,β-unsaturated/α-hetero) is 1. The van der Waals surface area contributed by atoms with Gasteiger partial charge in [0.1, 0.15) is 12.3 Å². The Hall–Kier alpha value is -3.79. The van der Waals surface area contributed by atoms with Crippen LogP contribution in [-0.2, 0) is 9.59 Å². The summed E-state index contributed by atoms with van der Waals surface area (Å²) >= 11 is 15.5. The molecule has 0 radical (unpaired) electrons. The van der Waals surface area contributed by atoms with Crippen LogP contribution in [0.1, 0.15) is 44.4 Å². The number of allylic oxidation sites excluding steroid dienone is 2. The topological polar surface area (TPSA) is 101 Å². The molecule has 0 bridgehead atoms. The zero-order chi connectivity index (χ0) is 30.1. The molecule has 0 spiro atoms. The second-order valence-electron chi connectivity index (χ2n) is 9.98. The highest BCUT2D eigenvalue weighted by atomic mass is 79.9. The molecule has 8 nitrogen and oxygen atoms in total. The predicted octanol–water partition coefficient (Wildman–Crippen LogP) is 6.41. The lowest BCUT2D eigenvalue weighted by molar-refractivity contribution is -0.154. The van der Waals surface area contributed by atoms with Gasteiger partial charge in [0.25, 0.3) is 17.7 Å². The fraction of sp³-hybridized carbons (Fsp3) is 0.194. The third-order valence-electron chi connectivity index (χ3n) is 7.25. The van der Waals surface area contributed by atoms with E-state index in [4.69, 9.17) is 27.9 Å². The molecule has 0 aromatic heterocycles. The van der Waals surface area contributed by atoms with E-state index in [1.165, 1.54) is 42.5 Å². The van der Waals surface area contributed by atoms with E-state index in [0.717, 1.165) is 14.5 Å². The molecule has 1 saturated heterocycles. The number of ether oxygens (including phenoxy) is 1. The van der Waals surface area contributed by atoms with Gasteiger partial charge in [-0.05, 0) is 79.1 Å². The Morgan fingerprint density at radius 2 is 1.55 bits per heavy atom. The molecule has 1 aliphatic heterocycles. The molecule has 214 valence electrons. The minimum Gasteiger partial charge on any atom is -0.423 e. The predicted molar refractivity (Wildman–Crippen MR) is 159 cm³/mol. The summed E-state index contributed by atoms with van der Waals surface area (Å²) in [6.07, 6.45) is 4.08. The number of fused-ring (bicyclic) bond motifs is 1. The monoisotopic (exact) mass is 668 g/mol. The molecule has 3 aromatic carbocycles. The third kappa shape index (κ3) is 5.90. The molecule has 0 N–H and O–H groups in total. The number of hydrogen-bond acceptors (Lipinski definition) is 6. The number of hydrogen-bond donors (Lipinski definition) is 0. The first kappa shape index (κ1) is 29.7. The first-order valence-electron chi connectivity index (χ1n) is 13.0. The molecular formula is C31H23BrCl2N2O6. The van der Waals surface area contributed by atoms with Crippen molar-refractivity contribution >= 4 is 68.6 Å². The molecule has 5 rings (SSSR count). The minimum absolute atomic E-state index is 0.0500. The van der Waals surface area contributed by atoms with Crippen molar-refractivity contribution in [2.45, 2.75) is 13.3 Å². The van der Waals surface area contributed by atoms with Gasteiger partial charge in [-0.1, -0.05) is 58.2 Å². The summed E-state index contributed by atoms with van der Waals surface area (Å²) in [5.41, 5.74) is 0.575. The number of imide groups is 1. The van der Waals surface area contributed by atoms with Gasteiger partial charge in [0.05, 0.1) is 27.4 Å². The zero-order valence-corrected chi connectivity index (χ0v) is 25.2. The van der Waals surface area contributed by atoms with Gasteiger partial charge < -0.3 is 4.74 Å². The van der Waals surface area contributed by atoms with Crippen molar-refractivity contribution in [2.75, 3.05) is 6.54 Å². The summed E-state index contributed by atoms with van der Waals surface area (Å²) in [5.74, 6) is -4.24. The van der Waals surface area contributed by atoms with E-state index in [1.54, 1.807) is 24.3 Å². The van der Waals surface area contributed by atoms with Crippen molar-refractivity contribution < 1.29 is 28.7 Å². The van der Waals surface area contributed by atoms with E-state index < -0.39 is 47.9 Å². The molecule has 2 aliphatic rings. The molecular weight excluding hydrogens is 647 g/mol. The Labute approximate surface area is 259 Å². The van der Waals surface area contributed by atoms with E-state index in [2.05, 4.69) is 15.9 Å². The van der Waals surface area contributed by atoms with Crippen molar-refractivity contribution in [2.24, 2.45) is 17.8 Å². The number of ketones is 1. The third-order valence-corrected chi connectivity index (χ3v) is 8.52. The number of nitrogens with zero attached hydrogens (tertiary/aromatic N) is 2. The maximum Gasteiger partial charge on any atom is 0.343 e. The van der Waals surface area contributed by atoms with Crippen LogP contribution in [0.15, 0.2) is 83.4 Å². The van der Waals surface area contributed by atoms with Gasteiger partial charge in [-0.3, -0.25) is 19.2 Å². The second kappa shape index (κ2) is 12.2. The van der Waals surface area contributed by atoms with Gasteiger partial charge in [0, 0.05) is 15.6 Å². The number of benzene rings is 3. The first-order chi connectivity index (χ1) is 20.0. The van der Waals surface area contributed by atoms with E-state index in [1.807, 2.05) is 19.1 Å². The van der Waals surface area contributed by atoms with E-state index >= 15 is 0 Å². The minimum atomic E-state index is -0.761. The summed E-state index contributed by atoms with van der Waals surface area (Å²) in [6.45, 7) is 1.24. The van der Waals surface area contributed by atoms with Crippen LogP contribution in [0.25, 0.3) is 0 Å². The Morgan fingerprint density at radius 3 is 2.19 bits per heavy atom. The number of halogens is 3. The molecule has 3 aromatic rings. The van der Waals surface area contributed by atoms with Crippen molar-refractivity contribution in [3.63, 3.8) is 0 Å². The molecule has 0 saturated carbocycles. The number of carbonyl (C=O) groups excluding carboxylic acids is 5. The summed E-state index contributed by atoms with van der Waals surface area (Å²) in [4.78, 5) is 66.6. The second-order valence-corrected chi connectivity index (χ2v) is 11.7. The smallest absolute Gasteiger partial charge is 0.343 e. The zero-order valence-electron chi connectivity index (χ0n) is 22.1. The van der Waals surface area contributed by atoms with Crippen LogP contribution >= 0.6 is 39.1 Å².